The highest BCUT2D eigenvalue weighted by Gasteiger charge is 2.12. The largest absolute Gasteiger partial charge is 0.369 e. The maximum Gasteiger partial charge on any atom is 0.201 e. The lowest BCUT2D eigenvalue weighted by Gasteiger charge is -2.05. The van der Waals surface area contributed by atoms with Gasteiger partial charge in [0.05, 0.1) is 5.69 Å². The molecule has 0 aliphatic rings. The minimum atomic E-state index is 0.518. The van der Waals surface area contributed by atoms with Crippen LogP contribution < -0.4 is 5.73 Å². The number of aryl methyl sites for hydroxylation is 1. The topological polar surface area (TPSA) is 43.8 Å². The van der Waals surface area contributed by atoms with Gasteiger partial charge < -0.3 is 10.3 Å². The van der Waals surface area contributed by atoms with Crippen LogP contribution in [0.1, 0.15) is 18.9 Å². The van der Waals surface area contributed by atoms with Crippen LogP contribution in [0.4, 0.5) is 5.95 Å². The van der Waals surface area contributed by atoms with Crippen LogP contribution in [-0.4, -0.2) is 9.55 Å². The zero-order chi connectivity index (χ0) is 12.4. The Morgan fingerprint density at radius 2 is 1.94 bits per heavy atom. The number of anilines is 1. The molecule has 1 aromatic heterocycles. The predicted molar refractivity (Wildman–Crippen MR) is 74.8 cm³/mol. The second kappa shape index (κ2) is 4.92. The van der Waals surface area contributed by atoms with E-state index >= 15 is 0 Å². The van der Waals surface area contributed by atoms with Crippen molar-refractivity contribution in [2.24, 2.45) is 7.05 Å². The average Bonchev–Trinajstić information content (AvgIpc) is 2.55. The van der Waals surface area contributed by atoms with Gasteiger partial charge in [-0.05, 0) is 27.9 Å². The molecule has 0 aliphatic carbocycles. The first kappa shape index (κ1) is 12.2. The number of benzene rings is 1. The third kappa shape index (κ3) is 2.36. The third-order valence-corrected chi connectivity index (χ3v) is 3.41. The third-order valence-electron chi connectivity index (χ3n) is 2.85. The molecule has 3 nitrogen and oxygen atoms in total. The molecular formula is C13H16BrN3. The Balaban J connectivity index is 2.39. The lowest BCUT2D eigenvalue weighted by atomic mass is 10.1. The molecule has 0 aliphatic heterocycles. The van der Waals surface area contributed by atoms with Crippen molar-refractivity contribution in [1.29, 1.82) is 0 Å². The maximum absolute atomic E-state index is 5.78. The summed E-state index contributed by atoms with van der Waals surface area (Å²) in [5, 5.41) is 0. The number of nitrogen functional groups attached to an aromatic ring is 1. The summed E-state index contributed by atoms with van der Waals surface area (Å²) < 4.78 is 2.68. The van der Waals surface area contributed by atoms with Gasteiger partial charge >= 0.3 is 0 Å². The van der Waals surface area contributed by atoms with Gasteiger partial charge in [0.2, 0.25) is 5.95 Å². The van der Waals surface area contributed by atoms with Crippen LogP contribution in [0.15, 0.2) is 28.9 Å². The fourth-order valence-corrected chi connectivity index (χ4v) is 2.59. The molecule has 2 N–H and O–H groups in total. The molecule has 1 heterocycles. The SMILES string of the molecule is CCCc1ccc(-c2c(Br)nc(N)n2C)cc1. The second-order valence-electron chi connectivity index (χ2n) is 4.12. The number of rotatable bonds is 3. The number of halogens is 1. The van der Waals surface area contributed by atoms with Crippen molar-refractivity contribution in [3.8, 4) is 11.3 Å². The number of nitrogens with zero attached hydrogens (tertiary/aromatic N) is 2. The molecule has 90 valence electrons. The van der Waals surface area contributed by atoms with Crippen molar-refractivity contribution < 1.29 is 0 Å². The van der Waals surface area contributed by atoms with Gasteiger partial charge in [-0.15, -0.1) is 0 Å². The normalized spacial score (nSPS) is 10.8. The van der Waals surface area contributed by atoms with Crippen molar-refractivity contribution in [3.63, 3.8) is 0 Å². The van der Waals surface area contributed by atoms with E-state index in [0.717, 1.165) is 22.3 Å². The molecular weight excluding hydrogens is 278 g/mol. The first-order valence-corrected chi connectivity index (χ1v) is 6.49. The Kier molecular flexibility index (Phi) is 3.52. The monoisotopic (exact) mass is 293 g/mol. The molecule has 4 heteroatoms. The van der Waals surface area contributed by atoms with E-state index in [0.29, 0.717) is 5.95 Å². The summed E-state index contributed by atoms with van der Waals surface area (Å²) in [6, 6.07) is 8.56. The fourth-order valence-electron chi connectivity index (χ4n) is 1.91. The van der Waals surface area contributed by atoms with Crippen molar-refractivity contribution >= 4 is 21.9 Å². The maximum atomic E-state index is 5.78. The van der Waals surface area contributed by atoms with Crippen molar-refractivity contribution in [2.45, 2.75) is 19.8 Å². The average molecular weight is 294 g/mol. The molecule has 0 unspecified atom stereocenters. The Morgan fingerprint density at radius 3 is 2.41 bits per heavy atom. The Labute approximate surface area is 110 Å². The summed E-state index contributed by atoms with van der Waals surface area (Å²) in [4.78, 5) is 4.20. The van der Waals surface area contributed by atoms with E-state index in [2.05, 4.69) is 52.1 Å². The molecule has 0 saturated heterocycles. The van der Waals surface area contributed by atoms with Crippen molar-refractivity contribution in [3.05, 3.63) is 34.4 Å². The van der Waals surface area contributed by atoms with E-state index in [1.165, 1.54) is 12.0 Å². The van der Waals surface area contributed by atoms with E-state index in [-0.39, 0.29) is 0 Å². The van der Waals surface area contributed by atoms with Gasteiger partial charge in [-0.25, -0.2) is 4.98 Å². The molecule has 17 heavy (non-hydrogen) atoms. The van der Waals surface area contributed by atoms with E-state index in [4.69, 9.17) is 5.73 Å². The van der Waals surface area contributed by atoms with Crippen molar-refractivity contribution in [1.82, 2.24) is 9.55 Å². The summed E-state index contributed by atoms with van der Waals surface area (Å²) in [5.41, 5.74) is 9.29. The summed E-state index contributed by atoms with van der Waals surface area (Å²) in [7, 11) is 1.92. The lowest BCUT2D eigenvalue weighted by Crippen LogP contribution is -1.98. The van der Waals surface area contributed by atoms with E-state index in [1.54, 1.807) is 0 Å². The molecule has 0 amide bonds. The first-order chi connectivity index (χ1) is 8.13. The highest BCUT2D eigenvalue weighted by molar-refractivity contribution is 9.10. The van der Waals surface area contributed by atoms with E-state index < -0.39 is 0 Å². The van der Waals surface area contributed by atoms with Crippen LogP contribution in [0.3, 0.4) is 0 Å². The standard InChI is InChI=1S/C13H16BrN3/c1-3-4-9-5-7-10(8-6-9)11-12(14)16-13(15)17(11)2/h5-8H,3-4H2,1-2H3,(H2,15,16). The molecule has 0 atom stereocenters. The summed E-state index contributed by atoms with van der Waals surface area (Å²) in [6.07, 6.45) is 2.29. The first-order valence-electron chi connectivity index (χ1n) is 5.70. The van der Waals surface area contributed by atoms with Crippen molar-refractivity contribution in [2.75, 3.05) is 5.73 Å². The minimum absolute atomic E-state index is 0.518. The Hall–Kier alpha value is -1.29. The van der Waals surface area contributed by atoms with E-state index in [9.17, 15) is 0 Å². The molecule has 0 bridgehead atoms. The van der Waals surface area contributed by atoms with Crippen LogP contribution in [-0.2, 0) is 13.5 Å². The van der Waals surface area contributed by atoms with Crippen LogP contribution >= 0.6 is 15.9 Å². The highest BCUT2D eigenvalue weighted by Crippen LogP contribution is 2.29. The summed E-state index contributed by atoms with van der Waals surface area (Å²) in [5.74, 6) is 0.518. The molecule has 0 spiro atoms. The quantitative estimate of drug-likeness (QED) is 0.943. The molecule has 1 aromatic carbocycles. The van der Waals surface area contributed by atoms with Gasteiger partial charge in [0.15, 0.2) is 0 Å². The Bertz CT molecular complexity index is 514. The number of imidazole rings is 1. The minimum Gasteiger partial charge on any atom is -0.369 e. The fraction of sp³-hybridized carbons (Fsp3) is 0.308. The van der Waals surface area contributed by atoms with Gasteiger partial charge in [-0.3, -0.25) is 0 Å². The smallest absolute Gasteiger partial charge is 0.201 e. The van der Waals surface area contributed by atoms with Crippen LogP contribution in [0.25, 0.3) is 11.3 Å². The van der Waals surface area contributed by atoms with Gasteiger partial charge in [0, 0.05) is 12.6 Å². The molecule has 0 fully saturated rings. The van der Waals surface area contributed by atoms with Crippen LogP contribution in [0, 0.1) is 0 Å². The zero-order valence-corrected chi connectivity index (χ0v) is 11.7. The molecule has 0 saturated carbocycles. The van der Waals surface area contributed by atoms with E-state index in [1.807, 2.05) is 11.6 Å². The Morgan fingerprint density at radius 1 is 1.29 bits per heavy atom. The zero-order valence-electron chi connectivity index (χ0n) is 10.1. The van der Waals surface area contributed by atoms with Gasteiger partial charge in [-0.1, -0.05) is 37.6 Å². The highest BCUT2D eigenvalue weighted by atomic mass is 79.9. The summed E-state index contributed by atoms with van der Waals surface area (Å²) in [6.45, 7) is 2.19. The second-order valence-corrected chi connectivity index (χ2v) is 4.87. The van der Waals surface area contributed by atoms with Crippen LogP contribution in [0.2, 0.25) is 0 Å². The van der Waals surface area contributed by atoms with Gasteiger partial charge in [-0.2, -0.15) is 0 Å². The van der Waals surface area contributed by atoms with Crippen LogP contribution in [0.5, 0.6) is 0 Å². The molecule has 2 aromatic rings. The number of aromatic nitrogens is 2. The lowest BCUT2D eigenvalue weighted by molar-refractivity contribution is 0.920. The predicted octanol–water partition coefficient (Wildman–Crippen LogP) is 3.38. The van der Waals surface area contributed by atoms with Gasteiger partial charge in [0.1, 0.15) is 4.60 Å². The number of nitrogens with two attached hydrogens (primary N) is 1. The number of hydrogen-bond acceptors (Lipinski definition) is 2. The molecule has 0 radical (unpaired) electrons. The summed E-state index contributed by atoms with van der Waals surface area (Å²) >= 11 is 3.44. The molecule has 2 rings (SSSR count). The van der Waals surface area contributed by atoms with Gasteiger partial charge in [0.25, 0.3) is 0 Å². The number of hydrogen-bond donors (Lipinski definition) is 1.